The normalized spacial score (nSPS) is 19.5. The Hall–Kier alpha value is -1.36. The number of piperidine rings is 1. The molecule has 0 spiro atoms. The number of anilines is 1. The molecular formula is C14H24N4O. The Balaban J connectivity index is 2.12. The van der Waals surface area contributed by atoms with Gasteiger partial charge in [0.05, 0.1) is 6.10 Å². The Kier molecular flexibility index (Phi) is 4.96. The van der Waals surface area contributed by atoms with Crippen molar-refractivity contribution in [3.63, 3.8) is 0 Å². The van der Waals surface area contributed by atoms with Crippen LogP contribution in [0.4, 0.5) is 5.82 Å². The fourth-order valence-electron chi connectivity index (χ4n) is 2.50. The fourth-order valence-corrected chi connectivity index (χ4v) is 2.50. The number of nitrogens with one attached hydrogen (secondary N) is 1. The van der Waals surface area contributed by atoms with Gasteiger partial charge in [-0.25, -0.2) is 9.97 Å². The van der Waals surface area contributed by atoms with Crippen LogP contribution < -0.4 is 15.0 Å². The first-order valence-electron chi connectivity index (χ1n) is 7.16. The van der Waals surface area contributed by atoms with E-state index >= 15 is 0 Å². The molecule has 19 heavy (non-hydrogen) atoms. The third-order valence-corrected chi connectivity index (χ3v) is 3.33. The lowest BCUT2D eigenvalue weighted by atomic mass is 10.1. The second-order valence-corrected chi connectivity index (χ2v) is 5.17. The first-order valence-corrected chi connectivity index (χ1v) is 7.16. The summed E-state index contributed by atoms with van der Waals surface area (Å²) in [5, 5.41) is 3.45. The number of ether oxygens (including phenoxy) is 1. The van der Waals surface area contributed by atoms with Gasteiger partial charge in [-0.1, -0.05) is 0 Å². The van der Waals surface area contributed by atoms with Crippen molar-refractivity contribution in [2.24, 2.45) is 0 Å². The summed E-state index contributed by atoms with van der Waals surface area (Å²) in [6.07, 6.45) is 4.16. The van der Waals surface area contributed by atoms with E-state index in [1.807, 2.05) is 19.9 Å². The molecule has 1 atom stereocenters. The molecule has 0 aromatic carbocycles. The van der Waals surface area contributed by atoms with Gasteiger partial charge in [0, 0.05) is 25.2 Å². The average molecular weight is 264 g/mol. The van der Waals surface area contributed by atoms with Gasteiger partial charge in [-0.3, -0.25) is 0 Å². The zero-order valence-electron chi connectivity index (χ0n) is 12.1. The van der Waals surface area contributed by atoms with Gasteiger partial charge in [0.1, 0.15) is 12.1 Å². The fraction of sp³-hybridized carbons (Fsp3) is 0.714. The second-order valence-electron chi connectivity index (χ2n) is 5.17. The summed E-state index contributed by atoms with van der Waals surface area (Å²) in [4.78, 5) is 10.9. The predicted molar refractivity (Wildman–Crippen MR) is 76.7 cm³/mol. The molecule has 0 saturated carbocycles. The highest BCUT2D eigenvalue weighted by Gasteiger charge is 2.21. The summed E-state index contributed by atoms with van der Waals surface area (Å²) >= 11 is 0. The zero-order valence-corrected chi connectivity index (χ0v) is 12.1. The van der Waals surface area contributed by atoms with Gasteiger partial charge < -0.3 is 15.0 Å². The van der Waals surface area contributed by atoms with Crippen molar-refractivity contribution in [1.82, 2.24) is 15.3 Å². The molecule has 1 aliphatic rings. The van der Waals surface area contributed by atoms with Crippen LogP contribution in [0.2, 0.25) is 0 Å². The lowest BCUT2D eigenvalue weighted by Crippen LogP contribution is -2.46. The maximum atomic E-state index is 5.64. The minimum absolute atomic E-state index is 0.133. The van der Waals surface area contributed by atoms with Crippen LogP contribution in [0.15, 0.2) is 12.4 Å². The molecule has 1 aromatic heterocycles. The topological polar surface area (TPSA) is 50.3 Å². The van der Waals surface area contributed by atoms with Crippen LogP contribution in [-0.2, 0) is 0 Å². The van der Waals surface area contributed by atoms with Gasteiger partial charge in [0.25, 0.3) is 0 Å². The molecular weight excluding hydrogens is 240 g/mol. The lowest BCUT2D eigenvalue weighted by molar-refractivity contribution is 0.232. The molecule has 1 saturated heterocycles. The van der Waals surface area contributed by atoms with E-state index < -0.39 is 0 Å². The molecule has 1 fully saturated rings. The second kappa shape index (κ2) is 6.70. The van der Waals surface area contributed by atoms with Gasteiger partial charge in [-0.05, 0) is 40.2 Å². The van der Waals surface area contributed by atoms with E-state index in [0.29, 0.717) is 11.9 Å². The minimum Gasteiger partial charge on any atom is -0.475 e. The average Bonchev–Trinajstić information content (AvgIpc) is 2.40. The molecule has 0 aliphatic carbocycles. The van der Waals surface area contributed by atoms with E-state index in [2.05, 4.69) is 27.1 Å². The molecule has 5 heteroatoms. The molecule has 1 aliphatic heterocycles. The van der Waals surface area contributed by atoms with Gasteiger partial charge in [-0.15, -0.1) is 0 Å². The van der Waals surface area contributed by atoms with E-state index in [9.17, 15) is 0 Å². The molecule has 5 nitrogen and oxygen atoms in total. The van der Waals surface area contributed by atoms with Crippen molar-refractivity contribution < 1.29 is 4.74 Å². The van der Waals surface area contributed by atoms with Gasteiger partial charge in [0.2, 0.25) is 5.88 Å². The number of likely N-dealkylation sites (N-methyl/N-ethyl adjacent to an activating group) is 1. The van der Waals surface area contributed by atoms with Crippen LogP contribution >= 0.6 is 0 Å². The smallest absolute Gasteiger partial charge is 0.218 e. The Labute approximate surface area is 115 Å². The van der Waals surface area contributed by atoms with Crippen molar-refractivity contribution >= 4 is 5.82 Å². The summed E-state index contributed by atoms with van der Waals surface area (Å²) in [7, 11) is 0. The van der Waals surface area contributed by atoms with E-state index in [-0.39, 0.29) is 6.10 Å². The van der Waals surface area contributed by atoms with Gasteiger partial charge in [-0.2, -0.15) is 0 Å². The molecule has 2 rings (SSSR count). The predicted octanol–water partition coefficient (Wildman–Crippen LogP) is 1.84. The van der Waals surface area contributed by atoms with E-state index in [0.717, 1.165) is 25.5 Å². The standard InChI is InChI=1S/C14H24N4O/c1-4-18(12-6-5-7-15-9-12)13-8-14(17-10-16-13)19-11(2)3/h8,10-12,15H,4-7,9H2,1-3H3. The largest absolute Gasteiger partial charge is 0.475 e. The van der Waals surface area contributed by atoms with Crippen molar-refractivity contribution in [1.29, 1.82) is 0 Å². The quantitative estimate of drug-likeness (QED) is 0.879. The minimum atomic E-state index is 0.133. The summed E-state index contributed by atoms with van der Waals surface area (Å²) < 4.78 is 5.64. The summed E-state index contributed by atoms with van der Waals surface area (Å²) in [6, 6.07) is 2.46. The maximum absolute atomic E-state index is 5.64. The van der Waals surface area contributed by atoms with Crippen LogP contribution in [0.3, 0.4) is 0 Å². The van der Waals surface area contributed by atoms with Crippen molar-refractivity contribution in [3.8, 4) is 5.88 Å². The number of hydrogen-bond acceptors (Lipinski definition) is 5. The molecule has 0 radical (unpaired) electrons. The third kappa shape index (κ3) is 3.80. The molecule has 0 bridgehead atoms. The highest BCUT2D eigenvalue weighted by molar-refractivity contribution is 5.42. The Morgan fingerprint density at radius 2 is 2.32 bits per heavy atom. The Morgan fingerprint density at radius 1 is 1.47 bits per heavy atom. The molecule has 1 aromatic rings. The first kappa shape index (κ1) is 14.1. The summed E-state index contributed by atoms with van der Waals surface area (Å²) in [6.45, 7) is 9.27. The molecule has 0 amide bonds. The SMILES string of the molecule is CCN(c1cc(OC(C)C)ncn1)C1CCCNC1. The summed E-state index contributed by atoms with van der Waals surface area (Å²) in [5.74, 6) is 1.61. The Morgan fingerprint density at radius 3 is 2.95 bits per heavy atom. The highest BCUT2D eigenvalue weighted by atomic mass is 16.5. The monoisotopic (exact) mass is 264 g/mol. The molecule has 1 unspecified atom stereocenters. The van der Waals surface area contributed by atoms with Crippen LogP contribution in [0.1, 0.15) is 33.6 Å². The van der Waals surface area contributed by atoms with Crippen LogP contribution in [-0.4, -0.2) is 41.7 Å². The highest BCUT2D eigenvalue weighted by Crippen LogP contribution is 2.21. The van der Waals surface area contributed by atoms with E-state index in [1.165, 1.54) is 12.8 Å². The molecule has 2 heterocycles. The van der Waals surface area contributed by atoms with Gasteiger partial charge >= 0.3 is 0 Å². The van der Waals surface area contributed by atoms with Crippen LogP contribution in [0.25, 0.3) is 0 Å². The van der Waals surface area contributed by atoms with Crippen LogP contribution in [0, 0.1) is 0 Å². The number of hydrogen-bond donors (Lipinski definition) is 1. The Bertz CT molecular complexity index is 391. The zero-order chi connectivity index (χ0) is 13.7. The van der Waals surface area contributed by atoms with Gasteiger partial charge in [0.15, 0.2) is 0 Å². The molecule has 106 valence electrons. The third-order valence-electron chi connectivity index (χ3n) is 3.33. The maximum Gasteiger partial charge on any atom is 0.218 e. The van der Waals surface area contributed by atoms with Crippen molar-refractivity contribution in [3.05, 3.63) is 12.4 Å². The lowest BCUT2D eigenvalue weighted by Gasteiger charge is -2.34. The van der Waals surface area contributed by atoms with Crippen molar-refractivity contribution in [2.45, 2.75) is 45.8 Å². The molecule has 1 N–H and O–H groups in total. The number of nitrogens with zero attached hydrogens (tertiary/aromatic N) is 3. The van der Waals surface area contributed by atoms with Crippen LogP contribution in [0.5, 0.6) is 5.88 Å². The van der Waals surface area contributed by atoms with Crippen molar-refractivity contribution in [2.75, 3.05) is 24.5 Å². The summed E-state index contributed by atoms with van der Waals surface area (Å²) in [5.41, 5.74) is 0. The number of rotatable bonds is 5. The number of aromatic nitrogens is 2. The van der Waals surface area contributed by atoms with E-state index in [1.54, 1.807) is 6.33 Å². The van der Waals surface area contributed by atoms with E-state index in [4.69, 9.17) is 4.74 Å². The first-order chi connectivity index (χ1) is 9.20.